The number of methoxy groups -OCH3 is 1. The SMILES string of the molecule is CC.CC.CC(C)CC(C)C(=O)OCC(=C=O)N(C)C([C-]=O)CC(C)C.CCC(C)C(CC(C)C)C(=O)OCC(=O)N(C)C(C=O)CC(C)C.CCCC(=O)C(C)OC.C[CH-]C(C)=O.Cc1ccc(CBr)cc1.Cc1ccc(CBr)cc1.[U+2]. The summed E-state index contributed by atoms with van der Waals surface area (Å²) < 4.78 is 15.2. The van der Waals surface area contributed by atoms with Crippen LogP contribution >= 0.6 is 31.9 Å². The number of hydrogen-bond acceptors (Lipinski definition) is 12. The summed E-state index contributed by atoms with van der Waals surface area (Å²) in [6, 6.07) is 16.0. The summed E-state index contributed by atoms with van der Waals surface area (Å²) in [6.45, 7) is 40.8. The molecule has 2 aromatic rings. The fourth-order valence-corrected chi connectivity index (χ4v) is 7.56. The van der Waals surface area contributed by atoms with Gasteiger partial charge in [0.05, 0.1) is 17.9 Å². The molecule has 476 valence electrons. The van der Waals surface area contributed by atoms with Gasteiger partial charge in [-0.3, -0.25) is 19.2 Å². The number of carbonyl (C=O) groups excluding carboxylic acids is 8. The second-order valence-electron chi connectivity index (χ2n) is 21.4. The van der Waals surface area contributed by atoms with E-state index in [0.29, 0.717) is 37.0 Å². The Balaban J connectivity index is -0.000000177. The molecule has 0 aliphatic carbocycles. The van der Waals surface area contributed by atoms with Gasteiger partial charge in [0, 0.05) is 38.3 Å². The average molecular weight is 1520 g/mol. The molecule has 0 aliphatic heterocycles. The smallest absolute Gasteiger partial charge is 0.540 e. The predicted octanol–water partition coefficient (Wildman–Crippen LogP) is 15.7. The first-order valence-corrected chi connectivity index (χ1v) is 31.7. The molecule has 2 aromatic carbocycles. The predicted molar refractivity (Wildman–Crippen MR) is 348 cm³/mol. The zero-order valence-electron chi connectivity index (χ0n) is 56.0. The van der Waals surface area contributed by atoms with Crippen molar-refractivity contribution in [1.82, 2.24) is 9.80 Å². The minimum atomic E-state index is -0.539. The van der Waals surface area contributed by atoms with Gasteiger partial charge in [-0.25, -0.2) is 11.1 Å². The van der Waals surface area contributed by atoms with Gasteiger partial charge in [-0.05, 0) is 99.9 Å². The van der Waals surface area contributed by atoms with E-state index in [0.717, 1.165) is 42.6 Å². The first-order chi connectivity index (χ1) is 38.5. The zero-order valence-corrected chi connectivity index (χ0v) is 63.3. The van der Waals surface area contributed by atoms with Crippen LogP contribution in [0, 0.1) is 92.8 Å². The summed E-state index contributed by atoms with van der Waals surface area (Å²) in [7, 11) is 4.75. The Morgan fingerprint density at radius 1 is 0.675 bits per heavy atom. The second-order valence-corrected chi connectivity index (χ2v) is 22.5. The van der Waals surface area contributed by atoms with Crippen LogP contribution in [-0.2, 0) is 63.2 Å². The van der Waals surface area contributed by atoms with Crippen molar-refractivity contribution in [3.05, 3.63) is 82.9 Å². The van der Waals surface area contributed by atoms with Gasteiger partial charge in [0.15, 0.2) is 12.4 Å². The van der Waals surface area contributed by atoms with Crippen LogP contribution in [0.5, 0.6) is 0 Å². The van der Waals surface area contributed by atoms with Gasteiger partial charge >= 0.3 is 43.1 Å². The van der Waals surface area contributed by atoms with Gasteiger partial charge in [0.2, 0.25) is 0 Å². The van der Waals surface area contributed by atoms with E-state index in [2.05, 4.69) is 108 Å². The number of aldehydes is 1. The Morgan fingerprint density at radius 3 is 1.40 bits per heavy atom. The van der Waals surface area contributed by atoms with Gasteiger partial charge in [0.1, 0.15) is 30.6 Å². The Bertz CT molecular complexity index is 1950. The van der Waals surface area contributed by atoms with Gasteiger partial charge in [-0.1, -0.05) is 221 Å². The van der Waals surface area contributed by atoms with Crippen LogP contribution in [0.1, 0.15) is 199 Å². The molecule has 0 saturated carbocycles. The van der Waals surface area contributed by atoms with Gasteiger partial charge < -0.3 is 44.8 Å². The third kappa shape index (κ3) is 52.7. The number of nitrogens with zero attached hydrogens (tertiary/aromatic N) is 2. The fourth-order valence-electron chi connectivity index (χ4n) is 6.81. The Morgan fingerprint density at radius 2 is 1.08 bits per heavy atom. The van der Waals surface area contributed by atoms with E-state index in [1.807, 2.05) is 96.3 Å². The first kappa shape index (κ1) is 93.3. The molecule has 2 rings (SSSR count). The number of Topliss-reactive ketones (excluding diaryl/α,β-unsaturated/α-hetero) is 2. The third-order valence-electron chi connectivity index (χ3n) is 12.1. The molecule has 0 spiro atoms. The number of esters is 2. The molecule has 0 fully saturated rings. The van der Waals surface area contributed by atoms with Gasteiger partial charge in [0.25, 0.3) is 5.91 Å². The van der Waals surface area contributed by atoms with E-state index in [1.54, 1.807) is 47.9 Å². The van der Waals surface area contributed by atoms with Crippen LogP contribution in [0.3, 0.4) is 0 Å². The van der Waals surface area contributed by atoms with Gasteiger partial charge in [-0.15, -0.1) is 0 Å². The van der Waals surface area contributed by atoms with Crippen molar-refractivity contribution >= 4 is 79.8 Å². The standard InChI is InChI=1S/C19H35NO4.C17H28NO4.2C8H9Br.C7H14O2.C4H7O.2C2H6.U/c1-8-15(6)17(10-14(4)5)19(23)24-12-18(22)20(7)16(11-21)9-13(2)3;1-12(2)7-14(5)17(21)22-11-16(10-20)18(6)15(9-19)8-13(3)4;2*1-7-2-4-8(6-9)5-3-7;1-4-5-7(8)6(2)9-3;1-3-4(2)5;2*1-2;/h11,13-17H,8-10,12H2,1-7H3;12-15H,7-8,11H2,1-6H3;2*2-5H,6H2,1H3;6H,4-5H2,1-3H3;3H,1-2H3;2*1-2H3;/q;-1;;;;-1;;;+2. The fraction of sp³-hybridized carbons (Fsp3) is 0.672. The molecule has 0 aromatic heterocycles. The molecule has 6 atom stereocenters. The van der Waals surface area contributed by atoms with E-state index in [1.165, 1.54) is 45.4 Å². The van der Waals surface area contributed by atoms with Crippen LogP contribution < -0.4 is 0 Å². The van der Waals surface area contributed by atoms with Crippen molar-refractivity contribution in [2.45, 2.75) is 219 Å². The van der Waals surface area contributed by atoms with Crippen LogP contribution in [0.2, 0.25) is 0 Å². The topological polar surface area (TPSA) is 171 Å². The normalized spacial score (nSPS) is 12.0. The molecule has 0 heterocycles. The van der Waals surface area contributed by atoms with Crippen LogP contribution in [0.15, 0.2) is 54.2 Å². The molecular weight excluding hydrogens is 1410 g/mol. The number of ketones is 2. The zero-order chi connectivity index (χ0) is 65.1. The van der Waals surface area contributed by atoms with Crippen molar-refractivity contribution in [1.29, 1.82) is 0 Å². The minimum Gasteiger partial charge on any atom is -0.540 e. The summed E-state index contributed by atoms with van der Waals surface area (Å²) in [5.74, 6) is 2.28. The molecule has 1 amide bonds. The quantitative estimate of drug-likeness (QED) is 0.0260. The number of amides is 1. The number of halogens is 2. The number of ether oxygens (including phenoxy) is 3. The monoisotopic (exact) mass is 1520 g/mol. The van der Waals surface area contributed by atoms with E-state index < -0.39 is 12.1 Å². The molecule has 83 heavy (non-hydrogen) atoms. The number of likely N-dealkylation sites (N-methyl/N-ethyl adjacent to an activating group) is 2. The van der Waals surface area contributed by atoms with Gasteiger partial charge in [-0.2, -0.15) is 6.92 Å². The molecular formula is C67H114Br2N2O11U. The third-order valence-corrected chi connectivity index (χ3v) is 13.4. The summed E-state index contributed by atoms with van der Waals surface area (Å²) in [5.41, 5.74) is 5.46. The number of aryl methyl sites for hydroxylation is 2. The van der Waals surface area contributed by atoms with Crippen molar-refractivity contribution in [2.75, 3.05) is 34.4 Å². The second kappa shape index (κ2) is 60.3. The summed E-state index contributed by atoms with van der Waals surface area (Å²) in [5, 5.41) is 1.90. The first-order valence-electron chi connectivity index (χ1n) is 29.5. The van der Waals surface area contributed by atoms with E-state index in [-0.39, 0.29) is 109 Å². The molecule has 13 nitrogen and oxygen atoms in total. The molecule has 6 unspecified atom stereocenters. The number of rotatable bonds is 28. The number of hydrogen-bond donors (Lipinski definition) is 0. The Labute approximate surface area is 547 Å². The summed E-state index contributed by atoms with van der Waals surface area (Å²) in [4.78, 5) is 93.2. The average Bonchev–Trinajstić information content (AvgIpc) is 3.45. The van der Waals surface area contributed by atoms with Crippen molar-refractivity contribution in [3.63, 3.8) is 0 Å². The molecule has 0 radical (unpaired) electrons. The van der Waals surface area contributed by atoms with E-state index >= 15 is 0 Å². The van der Waals surface area contributed by atoms with E-state index in [4.69, 9.17) is 14.2 Å². The summed E-state index contributed by atoms with van der Waals surface area (Å²) >= 11 is 6.76. The number of benzene rings is 2. The molecule has 0 bridgehead atoms. The van der Waals surface area contributed by atoms with Crippen molar-refractivity contribution < 1.29 is 83.7 Å². The maximum atomic E-state index is 12.4. The van der Waals surface area contributed by atoms with Crippen LogP contribution in [-0.4, -0.2) is 110 Å². The Hall–Kier alpha value is -3.38. The number of carbonyl (C=O) groups is 6. The van der Waals surface area contributed by atoms with Crippen LogP contribution in [0.25, 0.3) is 0 Å². The molecule has 0 aliphatic rings. The molecule has 0 N–H and O–H groups in total. The van der Waals surface area contributed by atoms with Crippen molar-refractivity contribution in [3.8, 4) is 0 Å². The summed E-state index contributed by atoms with van der Waals surface area (Å²) in [6.07, 6.45) is 9.10. The number of alkyl halides is 2. The minimum absolute atomic E-state index is 0. The van der Waals surface area contributed by atoms with Crippen LogP contribution in [0.4, 0.5) is 0 Å². The molecule has 0 saturated heterocycles. The Kier molecular flexibility index (Phi) is 67.8. The van der Waals surface area contributed by atoms with E-state index in [9.17, 15) is 38.4 Å². The van der Waals surface area contributed by atoms with Crippen molar-refractivity contribution in [2.24, 2.45) is 41.4 Å². The molecule has 16 heteroatoms. The maximum absolute atomic E-state index is 12.4. The maximum Gasteiger partial charge on any atom is 2.00 e. The largest absolute Gasteiger partial charge is 2.00 e.